The second-order valence-corrected chi connectivity index (χ2v) is 10.6. The molecule has 0 saturated heterocycles. The van der Waals surface area contributed by atoms with Crippen LogP contribution in [-0.2, 0) is 20.2 Å². The molecule has 0 unspecified atom stereocenters. The van der Waals surface area contributed by atoms with E-state index in [9.17, 15) is 16.8 Å². The van der Waals surface area contributed by atoms with Crippen LogP contribution in [0.3, 0.4) is 0 Å². The van der Waals surface area contributed by atoms with Gasteiger partial charge in [-0.3, -0.25) is 9.11 Å². The Kier molecular flexibility index (Phi) is 18.8. The predicted molar refractivity (Wildman–Crippen MR) is 116 cm³/mol. The van der Waals surface area contributed by atoms with Gasteiger partial charge in [0, 0.05) is 12.1 Å². The lowest BCUT2D eigenvalue weighted by Gasteiger charge is -2.15. The first-order chi connectivity index (χ1) is 12.9. The first kappa shape index (κ1) is 29.9. The van der Waals surface area contributed by atoms with Gasteiger partial charge in [-0.1, -0.05) is 51.9 Å². The Morgan fingerprint density at radius 3 is 1.14 bits per heavy atom. The molecule has 0 aliphatic heterocycles. The molecular formula is C18H42N2O6S2. The van der Waals surface area contributed by atoms with Gasteiger partial charge >= 0.3 is 0 Å². The molecule has 2 saturated carbocycles. The van der Waals surface area contributed by atoms with Gasteiger partial charge in [0.25, 0.3) is 20.2 Å². The molecule has 0 bridgehead atoms. The second-order valence-electron chi connectivity index (χ2n) is 7.31. The fourth-order valence-electron chi connectivity index (χ4n) is 2.60. The van der Waals surface area contributed by atoms with Crippen LogP contribution >= 0.6 is 0 Å². The van der Waals surface area contributed by atoms with Crippen LogP contribution in [0, 0.1) is 0 Å². The molecule has 8 nitrogen and oxygen atoms in total. The van der Waals surface area contributed by atoms with E-state index in [1.807, 2.05) is 6.92 Å². The highest BCUT2D eigenvalue weighted by molar-refractivity contribution is 7.86. The van der Waals surface area contributed by atoms with Gasteiger partial charge in [0.2, 0.25) is 0 Å². The van der Waals surface area contributed by atoms with Crippen LogP contribution in [-0.4, -0.2) is 49.5 Å². The first-order valence-electron chi connectivity index (χ1n) is 10.3. The van der Waals surface area contributed by atoms with E-state index in [0.717, 1.165) is 6.42 Å². The standard InChI is InChI=1S/2C6H13N.C4H10O3S.C2H6O3S/c2*7-6-4-2-1-3-5-6;1-2-3-4-8(5,6)7;1-2-6(3,4)5/h2*6H,1-5,7H2;2-4H2,1H3,(H,5,6,7);2H2,1H3,(H,3,4,5). The fourth-order valence-corrected chi connectivity index (χ4v) is 3.25. The molecule has 0 amide bonds. The Labute approximate surface area is 172 Å². The van der Waals surface area contributed by atoms with Crippen molar-refractivity contribution in [1.29, 1.82) is 0 Å². The van der Waals surface area contributed by atoms with Gasteiger partial charge in [-0.2, -0.15) is 16.8 Å². The third-order valence-corrected chi connectivity index (χ3v) is 5.95. The van der Waals surface area contributed by atoms with Crippen molar-refractivity contribution in [2.45, 2.75) is 103 Å². The smallest absolute Gasteiger partial charge is 0.264 e. The van der Waals surface area contributed by atoms with E-state index in [1.165, 1.54) is 71.1 Å². The molecule has 0 aromatic rings. The molecule has 2 aliphatic carbocycles. The van der Waals surface area contributed by atoms with E-state index in [0.29, 0.717) is 18.5 Å². The van der Waals surface area contributed by atoms with Crippen molar-refractivity contribution < 1.29 is 25.9 Å². The van der Waals surface area contributed by atoms with Gasteiger partial charge in [-0.25, -0.2) is 0 Å². The summed E-state index contributed by atoms with van der Waals surface area (Å²) in [5.41, 5.74) is 11.3. The summed E-state index contributed by atoms with van der Waals surface area (Å²) < 4.78 is 54.9. The van der Waals surface area contributed by atoms with Gasteiger partial charge in [0.15, 0.2) is 0 Å². The highest BCUT2D eigenvalue weighted by Gasteiger charge is 2.07. The maximum Gasteiger partial charge on any atom is 0.264 e. The number of hydrogen-bond donors (Lipinski definition) is 4. The number of hydrogen-bond acceptors (Lipinski definition) is 6. The summed E-state index contributed by atoms with van der Waals surface area (Å²) in [4.78, 5) is 0. The van der Waals surface area contributed by atoms with Gasteiger partial charge in [0.1, 0.15) is 0 Å². The Hall–Kier alpha value is -0.260. The fraction of sp³-hybridized carbons (Fsp3) is 1.00. The first-order valence-corrected chi connectivity index (χ1v) is 13.5. The molecule has 2 rings (SSSR count). The zero-order valence-corrected chi connectivity index (χ0v) is 19.2. The average Bonchev–Trinajstić information content (AvgIpc) is 2.62. The van der Waals surface area contributed by atoms with Gasteiger partial charge in [0.05, 0.1) is 11.5 Å². The summed E-state index contributed by atoms with van der Waals surface area (Å²) >= 11 is 0. The zero-order valence-electron chi connectivity index (χ0n) is 17.6. The van der Waals surface area contributed by atoms with E-state index in [1.54, 1.807) is 0 Å². The topological polar surface area (TPSA) is 161 Å². The van der Waals surface area contributed by atoms with Crippen molar-refractivity contribution in [3.63, 3.8) is 0 Å². The summed E-state index contributed by atoms with van der Waals surface area (Å²) in [5, 5.41) is 0. The molecule has 0 heterocycles. The molecule has 28 heavy (non-hydrogen) atoms. The quantitative estimate of drug-likeness (QED) is 0.479. The van der Waals surface area contributed by atoms with Crippen molar-refractivity contribution in [3.8, 4) is 0 Å². The number of nitrogens with two attached hydrogens (primary N) is 2. The van der Waals surface area contributed by atoms with Crippen LogP contribution in [0.5, 0.6) is 0 Å². The van der Waals surface area contributed by atoms with Crippen LogP contribution in [0.25, 0.3) is 0 Å². The van der Waals surface area contributed by atoms with Crippen molar-refractivity contribution in [2.75, 3.05) is 11.5 Å². The third-order valence-electron chi connectivity index (χ3n) is 4.42. The number of rotatable bonds is 4. The van der Waals surface area contributed by atoms with Crippen molar-refractivity contribution >= 4 is 20.2 Å². The zero-order chi connectivity index (χ0) is 22.1. The lowest BCUT2D eigenvalue weighted by Crippen LogP contribution is -2.22. The molecule has 10 heteroatoms. The van der Waals surface area contributed by atoms with Gasteiger partial charge in [-0.05, 0) is 39.0 Å². The maximum atomic E-state index is 9.95. The Morgan fingerprint density at radius 1 is 0.714 bits per heavy atom. The van der Waals surface area contributed by atoms with Crippen molar-refractivity contribution in [2.24, 2.45) is 11.5 Å². The van der Waals surface area contributed by atoms with E-state index < -0.39 is 20.2 Å². The van der Waals surface area contributed by atoms with E-state index in [2.05, 4.69) is 0 Å². The highest BCUT2D eigenvalue weighted by Crippen LogP contribution is 2.15. The lowest BCUT2D eigenvalue weighted by molar-refractivity contribution is 0.441. The van der Waals surface area contributed by atoms with E-state index >= 15 is 0 Å². The summed E-state index contributed by atoms with van der Waals surface area (Å²) in [6, 6.07) is 1.07. The van der Waals surface area contributed by atoms with Crippen LogP contribution < -0.4 is 11.5 Å². The molecule has 0 radical (unpaired) electrons. The summed E-state index contributed by atoms with van der Waals surface area (Å²) in [7, 11) is -7.35. The van der Waals surface area contributed by atoms with Gasteiger partial charge in [-0.15, -0.1) is 0 Å². The predicted octanol–water partition coefficient (Wildman–Crippen LogP) is 3.12. The third kappa shape index (κ3) is 28.0. The second kappa shape index (κ2) is 17.6. The van der Waals surface area contributed by atoms with E-state index in [-0.39, 0.29) is 11.5 Å². The monoisotopic (exact) mass is 446 g/mol. The molecule has 0 spiro atoms. The molecular weight excluding hydrogens is 404 g/mol. The Balaban J connectivity index is 0. The minimum absolute atomic E-state index is 0.108. The van der Waals surface area contributed by atoms with Crippen molar-refractivity contribution in [3.05, 3.63) is 0 Å². The summed E-state index contributed by atoms with van der Waals surface area (Å²) in [6.45, 7) is 3.24. The molecule has 6 N–H and O–H groups in total. The lowest BCUT2D eigenvalue weighted by atomic mass is 9.97. The molecule has 2 aliphatic rings. The SMILES string of the molecule is CCCCS(=O)(=O)O.CCS(=O)(=O)O.NC1CCCCC1.NC1CCCCC1. The molecule has 172 valence electrons. The normalized spacial score (nSPS) is 18.5. The van der Waals surface area contributed by atoms with Crippen LogP contribution in [0.1, 0.15) is 90.9 Å². The van der Waals surface area contributed by atoms with Gasteiger partial charge < -0.3 is 11.5 Å². The molecule has 0 atom stereocenters. The Morgan fingerprint density at radius 2 is 1.04 bits per heavy atom. The minimum Gasteiger partial charge on any atom is -0.328 e. The minimum atomic E-state index is -3.69. The number of unbranched alkanes of at least 4 members (excludes halogenated alkanes) is 1. The molecule has 2 fully saturated rings. The van der Waals surface area contributed by atoms with E-state index in [4.69, 9.17) is 20.6 Å². The van der Waals surface area contributed by atoms with Crippen LogP contribution in [0.4, 0.5) is 0 Å². The van der Waals surface area contributed by atoms with Crippen LogP contribution in [0.15, 0.2) is 0 Å². The maximum absolute atomic E-state index is 9.95. The largest absolute Gasteiger partial charge is 0.328 e. The Bertz CT molecular complexity index is 524. The van der Waals surface area contributed by atoms with Crippen LogP contribution in [0.2, 0.25) is 0 Å². The molecule has 0 aromatic carbocycles. The summed E-state index contributed by atoms with van der Waals surface area (Å²) in [5.74, 6) is -0.309. The average molecular weight is 447 g/mol. The molecule has 0 aromatic heterocycles. The highest BCUT2D eigenvalue weighted by atomic mass is 32.2. The van der Waals surface area contributed by atoms with Crippen molar-refractivity contribution in [1.82, 2.24) is 0 Å². The summed E-state index contributed by atoms with van der Waals surface area (Å²) in [6.07, 6.45) is 14.7.